The van der Waals surface area contributed by atoms with Crippen LogP contribution in [0.15, 0.2) is 67.0 Å². The van der Waals surface area contributed by atoms with Crippen molar-refractivity contribution in [1.29, 1.82) is 0 Å². The molecular formula is C23H24N4O3. The molecule has 0 radical (unpaired) electrons. The summed E-state index contributed by atoms with van der Waals surface area (Å²) in [6.07, 6.45) is 1.94. The van der Waals surface area contributed by atoms with E-state index in [4.69, 9.17) is 9.47 Å². The Morgan fingerprint density at radius 3 is 2.47 bits per heavy atom. The number of carbonyl (C=O) groups excluding carboxylic acids is 1. The van der Waals surface area contributed by atoms with Gasteiger partial charge in [-0.25, -0.2) is 9.97 Å². The second kappa shape index (κ2) is 9.26. The third-order valence-electron chi connectivity index (χ3n) is 5.05. The molecule has 0 atom stereocenters. The summed E-state index contributed by atoms with van der Waals surface area (Å²) >= 11 is 0. The molecule has 0 bridgehead atoms. The molecule has 7 heteroatoms. The van der Waals surface area contributed by atoms with Crippen molar-refractivity contribution in [2.75, 3.05) is 38.2 Å². The third-order valence-corrected chi connectivity index (χ3v) is 5.05. The number of methoxy groups -OCH3 is 1. The van der Waals surface area contributed by atoms with Gasteiger partial charge in [0.1, 0.15) is 23.6 Å². The summed E-state index contributed by atoms with van der Waals surface area (Å²) in [5.74, 6) is 2.79. The molecule has 3 aromatic rings. The molecule has 1 amide bonds. The fraction of sp³-hybridized carbons (Fsp3) is 0.261. The summed E-state index contributed by atoms with van der Waals surface area (Å²) < 4.78 is 11.1. The second-order valence-electron chi connectivity index (χ2n) is 7.03. The standard InChI is InChI=1S/C23H24N4O3/c1-29-19-8-5-9-20(15-19)30-22-16-21(24-17-25-22)26-10-12-27(13-11-26)23(28)14-18-6-3-2-4-7-18/h2-9,15-17H,10-14H2,1H3. The van der Waals surface area contributed by atoms with Gasteiger partial charge in [0.05, 0.1) is 13.5 Å². The first kappa shape index (κ1) is 19.7. The van der Waals surface area contributed by atoms with Gasteiger partial charge in [-0.3, -0.25) is 4.79 Å². The van der Waals surface area contributed by atoms with Crippen molar-refractivity contribution in [1.82, 2.24) is 14.9 Å². The number of carbonyl (C=O) groups is 1. The summed E-state index contributed by atoms with van der Waals surface area (Å²) in [5, 5.41) is 0. The smallest absolute Gasteiger partial charge is 0.227 e. The number of amides is 1. The molecule has 30 heavy (non-hydrogen) atoms. The Hall–Kier alpha value is -3.61. The van der Waals surface area contributed by atoms with E-state index in [1.165, 1.54) is 6.33 Å². The van der Waals surface area contributed by atoms with Crippen molar-refractivity contribution < 1.29 is 14.3 Å². The van der Waals surface area contributed by atoms with Crippen molar-refractivity contribution in [3.05, 3.63) is 72.6 Å². The molecule has 0 spiro atoms. The van der Waals surface area contributed by atoms with Crippen LogP contribution in [0.3, 0.4) is 0 Å². The van der Waals surface area contributed by atoms with E-state index >= 15 is 0 Å². The minimum absolute atomic E-state index is 0.158. The lowest BCUT2D eigenvalue weighted by atomic mass is 10.1. The summed E-state index contributed by atoms with van der Waals surface area (Å²) in [7, 11) is 1.62. The van der Waals surface area contributed by atoms with Crippen molar-refractivity contribution in [2.24, 2.45) is 0 Å². The molecule has 1 aliphatic heterocycles. The number of ether oxygens (including phenoxy) is 2. The number of aromatic nitrogens is 2. The maximum absolute atomic E-state index is 12.6. The summed E-state index contributed by atoms with van der Waals surface area (Å²) in [4.78, 5) is 25.2. The number of nitrogens with zero attached hydrogens (tertiary/aromatic N) is 4. The maximum atomic E-state index is 12.6. The fourth-order valence-electron chi connectivity index (χ4n) is 3.41. The molecule has 0 N–H and O–H groups in total. The molecule has 4 rings (SSSR count). The van der Waals surface area contributed by atoms with Crippen LogP contribution in [-0.4, -0.2) is 54.1 Å². The third kappa shape index (κ3) is 4.86. The predicted octanol–water partition coefficient (Wildman–Crippen LogP) is 3.17. The van der Waals surface area contributed by atoms with Gasteiger partial charge in [0, 0.05) is 38.3 Å². The van der Waals surface area contributed by atoms with E-state index in [1.54, 1.807) is 13.2 Å². The molecule has 0 aliphatic carbocycles. The largest absolute Gasteiger partial charge is 0.497 e. The zero-order chi connectivity index (χ0) is 20.8. The van der Waals surface area contributed by atoms with Crippen LogP contribution in [0.4, 0.5) is 5.82 Å². The molecule has 2 aromatic carbocycles. The van der Waals surface area contributed by atoms with Crippen LogP contribution in [-0.2, 0) is 11.2 Å². The zero-order valence-electron chi connectivity index (χ0n) is 16.9. The van der Waals surface area contributed by atoms with Crippen LogP contribution >= 0.6 is 0 Å². The van der Waals surface area contributed by atoms with E-state index in [1.807, 2.05) is 59.5 Å². The number of hydrogen-bond donors (Lipinski definition) is 0. The number of benzene rings is 2. The van der Waals surface area contributed by atoms with Crippen molar-refractivity contribution >= 4 is 11.7 Å². The average Bonchev–Trinajstić information content (AvgIpc) is 2.80. The van der Waals surface area contributed by atoms with Gasteiger partial charge < -0.3 is 19.3 Å². The lowest BCUT2D eigenvalue weighted by molar-refractivity contribution is -0.130. The minimum atomic E-state index is 0.158. The summed E-state index contributed by atoms with van der Waals surface area (Å²) in [5.41, 5.74) is 1.04. The fourth-order valence-corrected chi connectivity index (χ4v) is 3.41. The first-order chi connectivity index (χ1) is 14.7. The molecule has 0 saturated carbocycles. The topological polar surface area (TPSA) is 67.8 Å². The highest BCUT2D eigenvalue weighted by Crippen LogP contribution is 2.25. The van der Waals surface area contributed by atoms with E-state index < -0.39 is 0 Å². The van der Waals surface area contributed by atoms with Gasteiger partial charge in [0.15, 0.2) is 0 Å². The van der Waals surface area contributed by atoms with Crippen LogP contribution in [0, 0.1) is 0 Å². The SMILES string of the molecule is COc1cccc(Oc2cc(N3CCN(C(=O)Cc4ccccc4)CC3)ncn2)c1. The highest BCUT2D eigenvalue weighted by molar-refractivity contribution is 5.79. The van der Waals surface area contributed by atoms with Gasteiger partial charge in [-0.1, -0.05) is 36.4 Å². The number of anilines is 1. The monoisotopic (exact) mass is 404 g/mol. The molecule has 7 nitrogen and oxygen atoms in total. The van der Waals surface area contributed by atoms with Crippen LogP contribution in [0.1, 0.15) is 5.56 Å². The number of rotatable bonds is 6. The minimum Gasteiger partial charge on any atom is -0.497 e. The molecule has 1 saturated heterocycles. The van der Waals surface area contributed by atoms with Crippen LogP contribution in [0.5, 0.6) is 17.4 Å². The Kier molecular flexibility index (Phi) is 6.08. The normalized spacial score (nSPS) is 13.8. The zero-order valence-corrected chi connectivity index (χ0v) is 16.9. The van der Waals surface area contributed by atoms with Gasteiger partial charge in [0.2, 0.25) is 11.8 Å². The molecule has 1 aliphatic rings. The lowest BCUT2D eigenvalue weighted by Gasteiger charge is -2.35. The lowest BCUT2D eigenvalue weighted by Crippen LogP contribution is -2.49. The van der Waals surface area contributed by atoms with Gasteiger partial charge in [0.25, 0.3) is 0 Å². The first-order valence-electron chi connectivity index (χ1n) is 9.92. The van der Waals surface area contributed by atoms with E-state index in [9.17, 15) is 4.79 Å². The molecule has 1 fully saturated rings. The second-order valence-corrected chi connectivity index (χ2v) is 7.03. The first-order valence-corrected chi connectivity index (χ1v) is 9.92. The van der Waals surface area contributed by atoms with Gasteiger partial charge >= 0.3 is 0 Å². The molecule has 1 aromatic heterocycles. The maximum Gasteiger partial charge on any atom is 0.227 e. The Labute approximate surface area is 175 Å². The highest BCUT2D eigenvalue weighted by Gasteiger charge is 2.22. The molecular weight excluding hydrogens is 380 g/mol. The van der Waals surface area contributed by atoms with E-state index in [0.717, 1.165) is 30.2 Å². The Morgan fingerprint density at radius 2 is 1.70 bits per heavy atom. The van der Waals surface area contributed by atoms with Gasteiger partial charge in [-0.2, -0.15) is 0 Å². The van der Waals surface area contributed by atoms with Crippen LogP contribution < -0.4 is 14.4 Å². The molecule has 0 unspecified atom stereocenters. The van der Waals surface area contributed by atoms with E-state index in [0.29, 0.717) is 31.1 Å². The Balaban J connectivity index is 1.35. The number of hydrogen-bond acceptors (Lipinski definition) is 6. The summed E-state index contributed by atoms with van der Waals surface area (Å²) in [6.45, 7) is 2.77. The number of piperazine rings is 1. The predicted molar refractivity (Wildman–Crippen MR) is 114 cm³/mol. The van der Waals surface area contributed by atoms with Crippen molar-refractivity contribution in [2.45, 2.75) is 6.42 Å². The van der Waals surface area contributed by atoms with Crippen molar-refractivity contribution in [3.63, 3.8) is 0 Å². The Bertz CT molecular complexity index is 989. The van der Waals surface area contributed by atoms with E-state index in [-0.39, 0.29) is 5.91 Å². The van der Waals surface area contributed by atoms with Gasteiger partial charge in [-0.05, 0) is 17.7 Å². The quantitative estimate of drug-likeness (QED) is 0.629. The van der Waals surface area contributed by atoms with Crippen LogP contribution in [0.2, 0.25) is 0 Å². The highest BCUT2D eigenvalue weighted by atomic mass is 16.5. The van der Waals surface area contributed by atoms with Crippen molar-refractivity contribution in [3.8, 4) is 17.4 Å². The van der Waals surface area contributed by atoms with Gasteiger partial charge in [-0.15, -0.1) is 0 Å². The molecule has 2 heterocycles. The summed E-state index contributed by atoms with van der Waals surface area (Å²) in [6, 6.07) is 19.0. The average molecular weight is 404 g/mol. The Morgan fingerprint density at radius 1 is 0.933 bits per heavy atom. The van der Waals surface area contributed by atoms with Crippen LogP contribution in [0.25, 0.3) is 0 Å². The van der Waals surface area contributed by atoms with E-state index in [2.05, 4.69) is 14.9 Å². The molecule has 154 valence electrons.